The largest absolute Gasteiger partial charge is 0.492 e. The summed E-state index contributed by atoms with van der Waals surface area (Å²) < 4.78 is 47.3. The van der Waals surface area contributed by atoms with Gasteiger partial charge in [0.15, 0.2) is 10.8 Å². The number of nitrogens with one attached hydrogen (secondary N) is 3. The van der Waals surface area contributed by atoms with Gasteiger partial charge in [-0.2, -0.15) is 18.4 Å². The van der Waals surface area contributed by atoms with Crippen molar-refractivity contribution in [3.8, 4) is 11.8 Å². The van der Waals surface area contributed by atoms with Crippen LogP contribution in [0.2, 0.25) is 0 Å². The molecule has 3 aliphatic heterocycles. The van der Waals surface area contributed by atoms with Crippen LogP contribution in [0.5, 0.6) is 5.75 Å². The van der Waals surface area contributed by atoms with Gasteiger partial charge < -0.3 is 20.3 Å². The average Bonchev–Trinajstić information content (AvgIpc) is 3.34. The van der Waals surface area contributed by atoms with E-state index in [2.05, 4.69) is 30.7 Å². The number of imide groups is 1. The summed E-state index contributed by atoms with van der Waals surface area (Å²) >= 11 is 5.67. The normalized spacial score (nSPS) is 19.0. The fraction of sp³-hybridized carbons (Fsp3) is 0.410. The van der Waals surface area contributed by atoms with Crippen LogP contribution < -0.4 is 30.5 Å². The summed E-state index contributed by atoms with van der Waals surface area (Å²) in [6, 6.07) is 14.1. The summed E-state index contributed by atoms with van der Waals surface area (Å²) in [7, 11) is 0. The zero-order valence-corrected chi connectivity index (χ0v) is 32.4. The van der Waals surface area contributed by atoms with Gasteiger partial charge in [0, 0.05) is 60.5 Å². The third kappa shape index (κ3) is 9.17. The standard InChI is InChI=1S/C39H42F3N9O5S.3H2/c1-4-24-18-27(51-37(57)50(36(55)38(51,2)3)28-20-29(39(40,41)42)31(21-43)44-22-28)8-10-32(24)56-17-16-48-12-14-49(15-13-48)23-34(53)46-26-7-5-6-25(19-26)45-30-9-11-33(52)47-35(30)54;;;/h5-8,10,18-20,22,30,45H,4,9,11-17,23H2,1-3H3,(H,46,53)(H,47,52,54);3*1H. The predicted molar refractivity (Wildman–Crippen MR) is 216 cm³/mol. The quantitative estimate of drug-likeness (QED) is 0.165. The van der Waals surface area contributed by atoms with E-state index in [-0.39, 0.29) is 45.8 Å². The van der Waals surface area contributed by atoms with E-state index in [0.717, 1.165) is 35.8 Å². The molecule has 3 saturated heterocycles. The van der Waals surface area contributed by atoms with Crippen LogP contribution in [-0.2, 0) is 31.8 Å². The first kappa shape index (κ1) is 41.0. The molecule has 4 heterocycles. The number of nitrogens with zero attached hydrogens (tertiary/aromatic N) is 6. The van der Waals surface area contributed by atoms with Crippen LogP contribution in [0.3, 0.4) is 0 Å². The molecule has 0 saturated carbocycles. The Morgan fingerprint density at radius 1 is 1.07 bits per heavy atom. The molecule has 3 N–H and O–H groups in total. The number of hydrogen-bond acceptors (Lipinski definition) is 11. The smallest absolute Gasteiger partial charge is 0.419 e. The molecular weight excluding hydrogens is 764 g/mol. The second kappa shape index (κ2) is 16.8. The van der Waals surface area contributed by atoms with Gasteiger partial charge in [0.25, 0.3) is 5.91 Å². The summed E-state index contributed by atoms with van der Waals surface area (Å²) in [5.74, 6) is -0.695. The van der Waals surface area contributed by atoms with Crippen molar-refractivity contribution in [1.29, 1.82) is 5.26 Å². The SMILES string of the molecule is CCc1cc(N2C(=S)N(c3cnc(C#N)c(C(F)(F)F)c3)C(=O)C2(C)C)ccc1OCCN1CCN(CC(=O)Nc2cccc(NC3CCC(=O)NC3=O)c2)CC1.[HH].[HH].[HH]. The number of piperidine rings is 1. The van der Waals surface area contributed by atoms with Crippen LogP contribution >= 0.6 is 12.2 Å². The molecule has 3 aliphatic rings. The predicted octanol–water partition coefficient (Wildman–Crippen LogP) is 5.04. The molecule has 18 heteroatoms. The van der Waals surface area contributed by atoms with Gasteiger partial charge in [0.05, 0.1) is 24.0 Å². The van der Waals surface area contributed by atoms with Crippen molar-refractivity contribution in [2.24, 2.45) is 0 Å². The van der Waals surface area contributed by atoms with Crippen LogP contribution in [0.15, 0.2) is 54.7 Å². The Bertz CT molecular complexity index is 2130. The van der Waals surface area contributed by atoms with E-state index in [4.69, 9.17) is 22.2 Å². The first-order valence-electron chi connectivity index (χ1n) is 18.5. The minimum Gasteiger partial charge on any atom is -0.492 e. The Morgan fingerprint density at radius 2 is 1.79 bits per heavy atom. The number of nitriles is 1. The summed E-state index contributed by atoms with van der Waals surface area (Å²) in [4.78, 5) is 60.7. The molecule has 1 atom stereocenters. The Hall–Kier alpha value is -5.64. The molecule has 0 radical (unpaired) electrons. The van der Waals surface area contributed by atoms with E-state index in [0.29, 0.717) is 61.9 Å². The highest BCUT2D eigenvalue weighted by molar-refractivity contribution is 7.81. The lowest BCUT2D eigenvalue weighted by molar-refractivity contribution is -0.138. The Labute approximate surface area is 337 Å². The van der Waals surface area contributed by atoms with E-state index >= 15 is 0 Å². The number of aryl methyl sites for hydroxylation is 1. The lowest BCUT2D eigenvalue weighted by Gasteiger charge is -2.34. The molecule has 2 aromatic carbocycles. The van der Waals surface area contributed by atoms with Gasteiger partial charge in [-0.15, -0.1) is 0 Å². The third-order valence-electron chi connectivity index (χ3n) is 10.1. The van der Waals surface area contributed by atoms with E-state index in [1.54, 1.807) is 55.1 Å². The first-order valence-corrected chi connectivity index (χ1v) is 18.9. The van der Waals surface area contributed by atoms with Crippen LogP contribution in [0.25, 0.3) is 0 Å². The number of amides is 4. The fourth-order valence-corrected chi connectivity index (χ4v) is 7.56. The topological polar surface area (TPSA) is 163 Å². The lowest BCUT2D eigenvalue weighted by Crippen LogP contribution is -2.49. The van der Waals surface area contributed by atoms with Gasteiger partial charge in [-0.05, 0) is 86.9 Å². The number of carbonyl (C=O) groups excluding carboxylic acids is 4. The van der Waals surface area contributed by atoms with Gasteiger partial charge in [-0.1, -0.05) is 13.0 Å². The molecule has 3 aromatic rings. The highest BCUT2D eigenvalue weighted by Crippen LogP contribution is 2.40. The number of alkyl halides is 3. The molecule has 0 bridgehead atoms. The maximum absolute atomic E-state index is 13.7. The number of hydrogen-bond donors (Lipinski definition) is 3. The molecule has 306 valence electrons. The molecular formula is C39H48F3N9O5S. The zero-order chi connectivity index (χ0) is 41.1. The van der Waals surface area contributed by atoms with Crippen LogP contribution in [-0.4, -0.2) is 101 Å². The Balaban J connectivity index is 0.00000320. The molecule has 3 fully saturated rings. The second-order valence-corrected chi connectivity index (χ2v) is 14.8. The maximum atomic E-state index is 13.7. The van der Waals surface area contributed by atoms with Gasteiger partial charge >= 0.3 is 6.18 Å². The van der Waals surface area contributed by atoms with E-state index in [1.165, 1.54) is 6.07 Å². The minimum atomic E-state index is -4.86. The molecule has 0 aliphatic carbocycles. The van der Waals surface area contributed by atoms with Crippen molar-refractivity contribution in [3.05, 3.63) is 71.5 Å². The summed E-state index contributed by atoms with van der Waals surface area (Å²) in [6.45, 7) is 9.38. The van der Waals surface area contributed by atoms with Crippen LogP contribution in [0.4, 0.5) is 35.9 Å². The monoisotopic (exact) mass is 811 g/mol. The number of pyridine rings is 1. The average molecular weight is 812 g/mol. The first-order chi connectivity index (χ1) is 27.1. The molecule has 0 spiro atoms. The Morgan fingerprint density at radius 3 is 2.47 bits per heavy atom. The summed E-state index contributed by atoms with van der Waals surface area (Å²) in [5.41, 5.74) is -0.805. The number of halogens is 3. The van der Waals surface area contributed by atoms with Crippen LogP contribution in [0.1, 0.15) is 54.7 Å². The summed E-state index contributed by atoms with van der Waals surface area (Å²) in [6.07, 6.45) is -2.56. The maximum Gasteiger partial charge on any atom is 0.419 e. The number of thiocarbonyl (C=S) groups is 1. The van der Waals surface area contributed by atoms with Gasteiger partial charge in [-0.3, -0.25) is 39.2 Å². The van der Waals surface area contributed by atoms with Crippen molar-refractivity contribution >= 4 is 63.7 Å². The van der Waals surface area contributed by atoms with E-state index < -0.39 is 34.9 Å². The zero-order valence-electron chi connectivity index (χ0n) is 31.6. The molecule has 6 rings (SSSR count). The molecule has 1 unspecified atom stereocenters. The molecule has 57 heavy (non-hydrogen) atoms. The van der Waals surface area contributed by atoms with Crippen LogP contribution in [0, 0.1) is 11.3 Å². The highest BCUT2D eigenvalue weighted by Gasteiger charge is 2.51. The van der Waals surface area contributed by atoms with Gasteiger partial charge in [-0.25, -0.2) is 4.98 Å². The fourth-order valence-electron chi connectivity index (χ4n) is 7.04. The Kier molecular flexibility index (Phi) is 12.1. The molecule has 1 aromatic heterocycles. The third-order valence-corrected chi connectivity index (χ3v) is 10.5. The number of aromatic nitrogens is 1. The minimum absolute atomic E-state index is 0. The van der Waals surface area contributed by atoms with Gasteiger partial charge in [0.1, 0.15) is 30.0 Å². The number of rotatable bonds is 12. The molecule has 4 amide bonds. The number of benzene rings is 2. The number of ether oxygens (including phenoxy) is 1. The number of anilines is 4. The van der Waals surface area contributed by atoms with E-state index in [1.807, 2.05) is 13.0 Å². The summed E-state index contributed by atoms with van der Waals surface area (Å²) in [5, 5.41) is 17.5. The van der Waals surface area contributed by atoms with Crippen molar-refractivity contribution in [1.82, 2.24) is 20.1 Å². The van der Waals surface area contributed by atoms with Crippen molar-refractivity contribution in [2.45, 2.75) is 57.8 Å². The van der Waals surface area contributed by atoms with Crippen molar-refractivity contribution in [2.75, 3.05) is 66.3 Å². The van der Waals surface area contributed by atoms with Crippen molar-refractivity contribution < 1.29 is 41.4 Å². The van der Waals surface area contributed by atoms with Crippen molar-refractivity contribution in [3.63, 3.8) is 0 Å². The van der Waals surface area contributed by atoms with E-state index in [9.17, 15) is 32.3 Å². The number of piperazine rings is 1. The van der Waals surface area contributed by atoms with Gasteiger partial charge in [0.2, 0.25) is 17.7 Å². The highest BCUT2D eigenvalue weighted by atomic mass is 32.1. The lowest BCUT2D eigenvalue weighted by atomic mass is 10.0. The second-order valence-electron chi connectivity index (χ2n) is 14.4. The number of carbonyl (C=O) groups is 4. The molecule has 14 nitrogen and oxygen atoms in total.